The van der Waals surface area contributed by atoms with E-state index in [1.807, 2.05) is 0 Å². The zero-order valence-electron chi connectivity index (χ0n) is 11.1. The summed E-state index contributed by atoms with van der Waals surface area (Å²) in [6.45, 7) is 2.16. The smallest absolute Gasteiger partial charge is 0.313 e. The molecule has 0 radical (unpaired) electrons. The van der Waals surface area contributed by atoms with Gasteiger partial charge in [-0.3, -0.25) is 0 Å². The fourth-order valence-electron chi connectivity index (χ4n) is 2.56. The van der Waals surface area contributed by atoms with Gasteiger partial charge < -0.3 is 5.32 Å². The van der Waals surface area contributed by atoms with Crippen molar-refractivity contribution in [3.05, 3.63) is 35.4 Å². The first-order valence-electron chi connectivity index (χ1n) is 6.87. The van der Waals surface area contributed by atoms with E-state index in [0.29, 0.717) is 6.42 Å². The quantitative estimate of drug-likeness (QED) is 0.883. The molecular weight excluding hydrogens is 251 g/mol. The monoisotopic (exact) mass is 271 g/mol. The van der Waals surface area contributed by atoms with E-state index in [0.717, 1.165) is 12.8 Å². The van der Waals surface area contributed by atoms with Crippen LogP contribution in [0, 0.1) is 5.92 Å². The average Bonchev–Trinajstić information content (AvgIpc) is 2.39. The highest BCUT2D eigenvalue weighted by atomic mass is 19.4. The van der Waals surface area contributed by atoms with E-state index in [1.165, 1.54) is 11.1 Å². The van der Waals surface area contributed by atoms with E-state index < -0.39 is 12.1 Å². The lowest BCUT2D eigenvalue weighted by molar-refractivity contribution is -0.179. The minimum atomic E-state index is -4.05. The molecule has 1 aromatic rings. The number of aryl methyl sites for hydroxylation is 1. The van der Waals surface area contributed by atoms with Crippen molar-refractivity contribution in [3.8, 4) is 0 Å². The van der Waals surface area contributed by atoms with E-state index >= 15 is 0 Å². The summed E-state index contributed by atoms with van der Waals surface area (Å²) in [6.07, 6.45) is -1.39. The van der Waals surface area contributed by atoms with Crippen LogP contribution in [0.1, 0.15) is 30.9 Å². The number of rotatable bonds is 3. The third-order valence-corrected chi connectivity index (χ3v) is 3.89. The number of hydrogen-bond donors (Lipinski definition) is 1. The molecule has 1 heterocycles. The molecule has 0 aromatic heterocycles. The molecule has 0 saturated carbocycles. The van der Waals surface area contributed by atoms with Gasteiger partial charge in [-0.05, 0) is 36.8 Å². The summed E-state index contributed by atoms with van der Waals surface area (Å²) < 4.78 is 37.6. The summed E-state index contributed by atoms with van der Waals surface area (Å²) >= 11 is 0. The van der Waals surface area contributed by atoms with Crippen molar-refractivity contribution in [2.75, 3.05) is 6.54 Å². The highest BCUT2D eigenvalue weighted by Gasteiger charge is 2.41. The first-order chi connectivity index (χ1) is 8.99. The molecule has 2 atom stereocenters. The van der Waals surface area contributed by atoms with Crippen molar-refractivity contribution in [1.29, 1.82) is 0 Å². The number of piperidine rings is 1. The molecule has 0 spiro atoms. The minimum Gasteiger partial charge on any atom is -0.313 e. The summed E-state index contributed by atoms with van der Waals surface area (Å²) in [4.78, 5) is 0. The molecule has 106 valence electrons. The van der Waals surface area contributed by atoms with Crippen LogP contribution < -0.4 is 5.32 Å². The van der Waals surface area contributed by atoms with Crippen LogP contribution in [-0.2, 0) is 12.8 Å². The Kier molecular flexibility index (Phi) is 4.50. The first-order valence-corrected chi connectivity index (χ1v) is 6.87. The number of hydrogen-bond acceptors (Lipinski definition) is 1. The third kappa shape index (κ3) is 3.96. The van der Waals surface area contributed by atoms with Gasteiger partial charge in [0.2, 0.25) is 0 Å². The van der Waals surface area contributed by atoms with Crippen molar-refractivity contribution < 1.29 is 13.2 Å². The Labute approximate surface area is 112 Å². The molecule has 0 bridgehead atoms. The van der Waals surface area contributed by atoms with E-state index in [-0.39, 0.29) is 19.0 Å². The van der Waals surface area contributed by atoms with Gasteiger partial charge in [0, 0.05) is 12.6 Å². The van der Waals surface area contributed by atoms with Crippen molar-refractivity contribution in [2.24, 2.45) is 5.92 Å². The molecule has 1 saturated heterocycles. The third-order valence-electron chi connectivity index (χ3n) is 3.89. The number of nitrogens with one attached hydrogen (secondary N) is 1. The predicted molar refractivity (Wildman–Crippen MR) is 70.1 cm³/mol. The highest BCUT2D eigenvalue weighted by molar-refractivity contribution is 5.23. The Hall–Kier alpha value is -1.03. The second-order valence-corrected chi connectivity index (χ2v) is 5.30. The maximum Gasteiger partial charge on any atom is 0.393 e. The molecular formula is C15H20F3N. The number of halogens is 3. The lowest BCUT2D eigenvalue weighted by Gasteiger charge is -2.31. The molecule has 19 heavy (non-hydrogen) atoms. The van der Waals surface area contributed by atoms with E-state index in [4.69, 9.17) is 0 Å². The topological polar surface area (TPSA) is 12.0 Å². The van der Waals surface area contributed by atoms with Gasteiger partial charge in [-0.1, -0.05) is 31.2 Å². The Morgan fingerprint density at radius 2 is 1.74 bits per heavy atom. The van der Waals surface area contributed by atoms with Gasteiger partial charge in [-0.25, -0.2) is 0 Å². The maximum absolute atomic E-state index is 12.5. The van der Waals surface area contributed by atoms with E-state index in [9.17, 15) is 13.2 Å². The van der Waals surface area contributed by atoms with Crippen LogP contribution in [0.15, 0.2) is 24.3 Å². The Morgan fingerprint density at radius 1 is 1.11 bits per heavy atom. The molecule has 1 aliphatic rings. The van der Waals surface area contributed by atoms with E-state index in [1.54, 1.807) is 0 Å². The van der Waals surface area contributed by atoms with Crippen molar-refractivity contribution in [1.82, 2.24) is 5.32 Å². The van der Waals surface area contributed by atoms with Gasteiger partial charge >= 0.3 is 6.18 Å². The van der Waals surface area contributed by atoms with Crippen LogP contribution in [0.25, 0.3) is 0 Å². The summed E-state index contributed by atoms with van der Waals surface area (Å²) in [5.74, 6) is -1.17. The zero-order chi connectivity index (χ0) is 13.9. The lowest BCUT2D eigenvalue weighted by Crippen LogP contribution is -2.45. The van der Waals surface area contributed by atoms with Crippen LogP contribution in [-0.4, -0.2) is 18.8 Å². The van der Waals surface area contributed by atoms with Crippen molar-refractivity contribution >= 4 is 0 Å². The fraction of sp³-hybridized carbons (Fsp3) is 0.600. The normalized spacial score (nSPS) is 24.4. The largest absolute Gasteiger partial charge is 0.393 e. The lowest BCUT2D eigenvalue weighted by atomic mass is 9.91. The molecule has 1 fully saturated rings. The molecule has 4 heteroatoms. The first kappa shape index (κ1) is 14.4. The van der Waals surface area contributed by atoms with Crippen molar-refractivity contribution in [2.45, 2.75) is 44.8 Å². The molecule has 1 aliphatic heterocycles. The second-order valence-electron chi connectivity index (χ2n) is 5.30. The minimum absolute atomic E-state index is 0.0568. The maximum atomic E-state index is 12.5. The molecule has 1 aromatic carbocycles. The van der Waals surface area contributed by atoms with Gasteiger partial charge in [0.1, 0.15) is 0 Å². The van der Waals surface area contributed by atoms with Gasteiger partial charge in [0.15, 0.2) is 0 Å². The number of benzene rings is 1. The summed E-state index contributed by atoms with van der Waals surface area (Å²) in [7, 11) is 0. The standard InChI is InChI=1S/C15H20F3N/c1-2-11-3-5-12(6-4-11)9-14-8-7-13(10-19-14)15(16,17)18/h3-6,13-14,19H,2,7-10H2,1H3. The summed E-state index contributed by atoms with van der Waals surface area (Å²) in [6, 6.07) is 8.52. The van der Waals surface area contributed by atoms with Gasteiger partial charge in [0.25, 0.3) is 0 Å². The highest BCUT2D eigenvalue weighted by Crippen LogP contribution is 2.32. The van der Waals surface area contributed by atoms with Crippen LogP contribution in [0.5, 0.6) is 0 Å². The molecule has 1 N–H and O–H groups in total. The summed E-state index contributed by atoms with van der Waals surface area (Å²) in [5, 5.41) is 3.03. The molecule has 0 aliphatic carbocycles. The number of alkyl halides is 3. The van der Waals surface area contributed by atoms with Crippen LogP contribution in [0.2, 0.25) is 0 Å². The van der Waals surface area contributed by atoms with Crippen LogP contribution >= 0.6 is 0 Å². The molecule has 0 amide bonds. The Morgan fingerprint density at radius 3 is 2.21 bits per heavy atom. The van der Waals surface area contributed by atoms with Crippen molar-refractivity contribution in [3.63, 3.8) is 0 Å². The Bertz CT molecular complexity index is 389. The van der Waals surface area contributed by atoms with Crippen LogP contribution in [0.3, 0.4) is 0 Å². The average molecular weight is 271 g/mol. The summed E-state index contributed by atoms with van der Waals surface area (Å²) in [5.41, 5.74) is 2.48. The SMILES string of the molecule is CCc1ccc(CC2CCC(C(F)(F)F)CN2)cc1. The van der Waals surface area contributed by atoms with Gasteiger partial charge in [-0.15, -0.1) is 0 Å². The van der Waals surface area contributed by atoms with Crippen LogP contribution in [0.4, 0.5) is 13.2 Å². The van der Waals surface area contributed by atoms with Gasteiger partial charge in [-0.2, -0.15) is 13.2 Å². The van der Waals surface area contributed by atoms with Gasteiger partial charge in [0.05, 0.1) is 5.92 Å². The molecule has 2 unspecified atom stereocenters. The van der Waals surface area contributed by atoms with E-state index in [2.05, 4.69) is 36.5 Å². The Balaban J connectivity index is 1.85. The molecule has 1 nitrogen and oxygen atoms in total. The predicted octanol–water partition coefficient (Wildman–Crippen LogP) is 3.72. The second kappa shape index (κ2) is 5.95. The zero-order valence-corrected chi connectivity index (χ0v) is 11.1. The molecule has 2 rings (SSSR count). The fourth-order valence-corrected chi connectivity index (χ4v) is 2.56.